The third kappa shape index (κ3) is 3.46. The van der Waals surface area contributed by atoms with Crippen LogP contribution in [-0.4, -0.2) is 49.3 Å². The van der Waals surface area contributed by atoms with E-state index in [-0.39, 0.29) is 5.60 Å². The van der Waals surface area contributed by atoms with Crippen LogP contribution in [0.1, 0.15) is 52.4 Å². The molecule has 2 aliphatic heterocycles. The SMILES string of the molecule is CCC1(C)CC(N(C)C2CCCNCC2)CCO1. The number of nitrogens with one attached hydrogen (secondary N) is 1. The molecule has 2 saturated heterocycles. The van der Waals surface area contributed by atoms with Crippen LogP contribution in [0.4, 0.5) is 0 Å². The Hall–Kier alpha value is -0.120. The van der Waals surface area contributed by atoms with Gasteiger partial charge in [0, 0.05) is 18.7 Å². The predicted octanol–water partition coefficient (Wildman–Crippen LogP) is 2.41. The first-order valence-electron chi connectivity index (χ1n) is 7.71. The van der Waals surface area contributed by atoms with Crippen molar-refractivity contribution in [2.24, 2.45) is 0 Å². The average Bonchev–Trinajstić information content (AvgIpc) is 2.67. The van der Waals surface area contributed by atoms with E-state index in [9.17, 15) is 0 Å². The molecule has 0 aliphatic carbocycles. The smallest absolute Gasteiger partial charge is 0.0666 e. The monoisotopic (exact) mass is 254 g/mol. The van der Waals surface area contributed by atoms with Crippen molar-refractivity contribution in [3.8, 4) is 0 Å². The molecular formula is C15H30N2O. The zero-order valence-electron chi connectivity index (χ0n) is 12.4. The Morgan fingerprint density at radius 2 is 2.06 bits per heavy atom. The first-order chi connectivity index (χ1) is 8.64. The van der Waals surface area contributed by atoms with E-state index < -0.39 is 0 Å². The first-order valence-corrected chi connectivity index (χ1v) is 7.71. The van der Waals surface area contributed by atoms with Crippen molar-refractivity contribution in [1.29, 1.82) is 0 Å². The lowest BCUT2D eigenvalue weighted by Gasteiger charge is -2.44. The molecule has 0 aromatic rings. The van der Waals surface area contributed by atoms with Crippen LogP contribution in [-0.2, 0) is 4.74 Å². The molecular weight excluding hydrogens is 224 g/mol. The maximum atomic E-state index is 5.97. The summed E-state index contributed by atoms with van der Waals surface area (Å²) in [5, 5.41) is 3.51. The molecule has 0 bridgehead atoms. The molecule has 0 radical (unpaired) electrons. The highest BCUT2D eigenvalue weighted by atomic mass is 16.5. The molecule has 0 spiro atoms. The second-order valence-corrected chi connectivity index (χ2v) is 6.30. The lowest BCUT2D eigenvalue weighted by molar-refractivity contribution is -0.0985. The number of nitrogens with zero attached hydrogens (tertiary/aromatic N) is 1. The van der Waals surface area contributed by atoms with Gasteiger partial charge in [-0.15, -0.1) is 0 Å². The minimum atomic E-state index is 0.111. The highest BCUT2D eigenvalue weighted by Gasteiger charge is 2.35. The Morgan fingerprint density at radius 1 is 1.22 bits per heavy atom. The van der Waals surface area contributed by atoms with Gasteiger partial charge in [0.1, 0.15) is 0 Å². The minimum absolute atomic E-state index is 0.111. The van der Waals surface area contributed by atoms with Gasteiger partial charge in [-0.3, -0.25) is 0 Å². The van der Waals surface area contributed by atoms with Crippen LogP contribution in [0.2, 0.25) is 0 Å². The molecule has 2 fully saturated rings. The van der Waals surface area contributed by atoms with E-state index in [1.54, 1.807) is 0 Å². The van der Waals surface area contributed by atoms with Crippen LogP contribution in [0.25, 0.3) is 0 Å². The van der Waals surface area contributed by atoms with Gasteiger partial charge in [0.15, 0.2) is 0 Å². The first kappa shape index (κ1) is 14.3. The van der Waals surface area contributed by atoms with Crippen LogP contribution < -0.4 is 5.32 Å². The van der Waals surface area contributed by atoms with Gasteiger partial charge in [0.2, 0.25) is 0 Å². The fraction of sp³-hybridized carbons (Fsp3) is 1.00. The van der Waals surface area contributed by atoms with E-state index in [0.29, 0.717) is 6.04 Å². The summed E-state index contributed by atoms with van der Waals surface area (Å²) in [4.78, 5) is 2.66. The number of rotatable bonds is 3. The topological polar surface area (TPSA) is 24.5 Å². The van der Waals surface area contributed by atoms with Crippen molar-refractivity contribution >= 4 is 0 Å². The van der Waals surface area contributed by atoms with E-state index in [1.807, 2.05) is 0 Å². The highest BCUT2D eigenvalue weighted by Crippen LogP contribution is 2.31. The zero-order chi connectivity index (χ0) is 13.0. The zero-order valence-corrected chi connectivity index (χ0v) is 12.4. The fourth-order valence-electron chi connectivity index (χ4n) is 3.40. The molecule has 3 heteroatoms. The van der Waals surface area contributed by atoms with E-state index >= 15 is 0 Å². The maximum absolute atomic E-state index is 5.97. The van der Waals surface area contributed by atoms with E-state index in [4.69, 9.17) is 4.74 Å². The number of hydrogen-bond acceptors (Lipinski definition) is 3. The molecule has 0 aromatic heterocycles. The Morgan fingerprint density at radius 3 is 2.83 bits per heavy atom. The summed E-state index contributed by atoms with van der Waals surface area (Å²) >= 11 is 0. The van der Waals surface area contributed by atoms with Gasteiger partial charge in [0.05, 0.1) is 5.60 Å². The quantitative estimate of drug-likeness (QED) is 0.837. The molecule has 1 N–H and O–H groups in total. The Balaban J connectivity index is 1.92. The third-order valence-corrected chi connectivity index (χ3v) is 5.01. The summed E-state index contributed by atoms with van der Waals surface area (Å²) < 4.78 is 5.97. The summed E-state index contributed by atoms with van der Waals surface area (Å²) in [6.45, 7) is 7.85. The van der Waals surface area contributed by atoms with Crippen molar-refractivity contribution in [1.82, 2.24) is 10.2 Å². The maximum Gasteiger partial charge on any atom is 0.0666 e. The third-order valence-electron chi connectivity index (χ3n) is 5.01. The van der Waals surface area contributed by atoms with Gasteiger partial charge in [0.25, 0.3) is 0 Å². The average molecular weight is 254 g/mol. The summed E-state index contributed by atoms with van der Waals surface area (Å²) in [6, 6.07) is 1.48. The normalized spacial score (nSPS) is 38.7. The molecule has 0 aromatic carbocycles. The number of ether oxygens (including phenoxy) is 1. The molecule has 0 saturated carbocycles. The largest absolute Gasteiger partial charge is 0.375 e. The Labute approximate surface area is 112 Å². The van der Waals surface area contributed by atoms with Gasteiger partial charge < -0.3 is 15.0 Å². The summed E-state index contributed by atoms with van der Waals surface area (Å²) in [5.41, 5.74) is 0.111. The van der Waals surface area contributed by atoms with Gasteiger partial charge in [-0.2, -0.15) is 0 Å². The molecule has 106 valence electrons. The Kier molecular flexibility index (Phi) is 5.05. The van der Waals surface area contributed by atoms with Gasteiger partial charge in [-0.1, -0.05) is 6.92 Å². The van der Waals surface area contributed by atoms with E-state index in [1.165, 1.54) is 45.2 Å². The van der Waals surface area contributed by atoms with Crippen LogP contribution in [0, 0.1) is 0 Å². The van der Waals surface area contributed by atoms with Crippen LogP contribution in [0.5, 0.6) is 0 Å². The lowest BCUT2D eigenvalue weighted by atomic mass is 9.88. The summed E-state index contributed by atoms with van der Waals surface area (Å²) in [6.07, 6.45) is 7.51. The molecule has 18 heavy (non-hydrogen) atoms. The number of hydrogen-bond donors (Lipinski definition) is 1. The summed E-state index contributed by atoms with van der Waals surface area (Å²) in [5.74, 6) is 0. The standard InChI is InChI=1S/C15H30N2O/c1-4-15(2)12-14(8-11-18-15)17(3)13-6-5-9-16-10-7-13/h13-14,16H,4-12H2,1-3H3. The molecule has 2 aliphatic rings. The second-order valence-electron chi connectivity index (χ2n) is 6.30. The van der Waals surface area contributed by atoms with Gasteiger partial charge in [-0.05, 0) is 65.6 Å². The van der Waals surface area contributed by atoms with E-state index in [2.05, 4.69) is 31.1 Å². The van der Waals surface area contributed by atoms with Crippen molar-refractivity contribution < 1.29 is 4.74 Å². The van der Waals surface area contributed by atoms with Gasteiger partial charge >= 0.3 is 0 Å². The van der Waals surface area contributed by atoms with Gasteiger partial charge in [-0.25, -0.2) is 0 Å². The van der Waals surface area contributed by atoms with Crippen LogP contribution in [0.15, 0.2) is 0 Å². The summed E-state index contributed by atoms with van der Waals surface area (Å²) in [7, 11) is 2.34. The Bertz CT molecular complexity index is 251. The van der Waals surface area contributed by atoms with Crippen LogP contribution in [0.3, 0.4) is 0 Å². The minimum Gasteiger partial charge on any atom is -0.375 e. The van der Waals surface area contributed by atoms with E-state index in [0.717, 1.165) is 19.1 Å². The molecule has 0 amide bonds. The van der Waals surface area contributed by atoms with Crippen LogP contribution >= 0.6 is 0 Å². The molecule has 2 heterocycles. The van der Waals surface area contributed by atoms with Crippen molar-refractivity contribution in [2.45, 2.75) is 70.1 Å². The fourth-order valence-corrected chi connectivity index (χ4v) is 3.40. The van der Waals surface area contributed by atoms with Crippen molar-refractivity contribution in [2.75, 3.05) is 26.7 Å². The van der Waals surface area contributed by atoms with Crippen molar-refractivity contribution in [3.05, 3.63) is 0 Å². The predicted molar refractivity (Wildman–Crippen MR) is 75.9 cm³/mol. The molecule has 3 nitrogen and oxygen atoms in total. The molecule has 2 rings (SSSR count). The van der Waals surface area contributed by atoms with Crippen molar-refractivity contribution in [3.63, 3.8) is 0 Å². The second kappa shape index (κ2) is 6.36. The molecule has 3 unspecified atom stereocenters. The lowest BCUT2D eigenvalue weighted by Crippen LogP contribution is -2.49. The molecule has 3 atom stereocenters. The highest BCUT2D eigenvalue weighted by molar-refractivity contribution is 4.88.